The Morgan fingerprint density at radius 3 is 2.60 bits per heavy atom. The second kappa shape index (κ2) is 6.13. The maximum absolute atomic E-state index is 12.5. The van der Waals surface area contributed by atoms with Crippen molar-refractivity contribution in [2.75, 3.05) is 11.4 Å². The predicted molar refractivity (Wildman–Crippen MR) is 86.3 cm³/mol. The summed E-state index contributed by atoms with van der Waals surface area (Å²) in [5.41, 5.74) is 0.845. The maximum Gasteiger partial charge on any atom is 0.262 e. The zero-order valence-corrected chi connectivity index (χ0v) is 13.0. The predicted octanol–water partition coefficient (Wildman–Crippen LogP) is 3.37. The van der Waals surface area contributed by atoms with Crippen LogP contribution in [0.1, 0.15) is 17.3 Å². The molecule has 4 nitrogen and oxygen atoms in total. The molecule has 2 rings (SSSR count). The van der Waals surface area contributed by atoms with Crippen LogP contribution in [0.3, 0.4) is 0 Å². The molecule has 2 aromatic rings. The summed E-state index contributed by atoms with van der Waals surface area (Å²) in [6, 6.07) is 11.4. The summed E-state index contributed by atoms with van der Waals surface area (Å²) >= 11 is 2.09. The highest BCUT2D eigenvalue weighted by atomic mass is 127. The number of nitrogens with zero attached hydrogens (tertiary/aromatic N) is 1. The lowest BCUT2D eigenvalue weighted by molar-refractivity contribution is 0.0985. The molecule has 0 unspecified atom stereocenters. The van der Waals surface area contributed by atoms with Gasteiger partial charge in [0.2, 0.25) is 0 Å². The number of amides is 1. The average Bonchev–Trinajstić information content (AvgIpc) is 2.42. The van der Waals surface area contributed by atoms with E-state index in [1.807, 2.05) is 6.92 Å². The molecule has 2 aromatic carbocycles. The molecule has 0 aromatic heterocycles. The Balaban J connectivity index is 2.41. The third-order valence-corrected chi connectivity index (χ3v) is 3.56. The molecule has 0 spiro atoms. The van der Waals surface area contributed by atoms with E-state index < -0.39 is 0 Å². The average molecular weight is 383 g/mol. The van der Waals surface area contributed by atoms with Gasteiger partial charge >= 0.3 is 0 Å². The van der Waals surface area contributed by atoms with Gasteiger partial charge in [-0.15, -0.1) is 0 Å². The highest BCUT2D eigenvalue weighted by molar-refractivity contribution is 14.1. The molecule has 0 heterocycles. The molecule has 20 heavy (non-hydrogen) atoms. The second-order valence-corrected chi connectivity index (χ2v) is 5.48. The third kappa shape index (κ3) is 3.04. The Hall–Kier alpha value is -1.76. The Kier molecular flexibility index (Phi) is 4.49. The number of aromatic hydroxyl groups is 2. The molecule has 1 amide bonds. The Labute approximate surface area is 130 Å². The van der Waals surface area contributed by atoms with E-state index in [0.29, 0.717) is 12.2 Å². The van der Waals surface area contributed by atoms with Crippen LogP contribution in [0, 0.1) is 3.57 Å². The van der Waals surface area contributed by atoms with E-state index in [-0.39, 0.29) is 23.0 Å². The largest absolute Gasteiger partial charge is 0.508 e. The number of benzene rings is 2. The van der Waals surface area contributed by atoms with E-state index >= 15 is 0 Å². The smallest absolute Gasteiger partial charge is 0.262 e. The molecule has 5 heteroatoms. The number of carbonyl (C=O) groups is 1. The minimum atomic E-state index is -0.297. The molecule has 0 aliphatic rings. The minimum absolute atomic E-state index is 0.0472. The molecule has 0 atom stereocenters. The van der Waals surface area contributed by atoms with Crippen molar-refractivity contribution in [3.63, 3.8) is 0 Å². The van der Waals surface area contributed by atoms with Crippen molar-refractivity contribution in [1.82, 2.24) is 0 Å². The molecule has 0 radical (unpaired) electrons. The summed E-state index contributed by atoms with van der Waals surface area (Å²) < 4.78 is 0.871. The van der Waals surface area contributed by atoms with Crippen molar-refractivity contribution < 1.29 is 15.0 Å². The standard InChI is InChI=1S/C15H14INO3/c1-2-17(11-4-3-5-12(18)9-11)15(20)13-8-10(16)6-7-14(13)19/h3-9,18-19H,2H2,1H3. The summed E-state index contributed by atoms with van der Waals surface area (Å²) in [6.07, 6.45) is 0. The van der Waals surface area contributed by atoms with E-state index in [1.54, 1.807) is 30.3 Å². The van der Waals surface area contributed by atoms with Crippen molar-refractivity contribution in [3.8, 4) is 11.5 Å². The van der Waals surface area contributed by atoms with E-state index in [1.165, 1.54) is 17.0 Å². The zero-order valence-electron chi connectivity index (χ0n) is 10.9. The number of hydrogen-bond acceptors (Lipinski definition) is 3. The summed E-state index contributed by atoms with van der Waals surface area (Å²) in [4.78, 5) is 14.0. The first-order valence-electron chi connectivity index (χ1n) is 6.12. The molecule has 2 N–H and O–H groups in total. The van der Waals surface area contributed by atoms with Gasteiger partial charge < -0.3 is 15.1 Å². The molecule has 0 saturated heterocycles. The normalized spacial score (nSPS) is 10.3. The molecular formula is C15H14INO3. The van der Waals surface area contributed by atoms with Gasteiger partial charge in [-0.05, 0) is 59.8 Å². The molecule has 0 aliphatic carbocycles. The van der Waals surface area contributed by atoms with E-state index in [9.17, 15) is 15.0 Å². The van der Waals surface area contributed by atoms with Crippen LogP contribution in [-0.4, -0.2) is 22.7 Å². The second-order valence-electron chi connectivity index (χ2n) is 4.23. The van der Waals surface area contributed by atoms with Crippen molar-refractivity contribution in [2.45, 2.75) is 6.92 Å². The van der Waals surface area contributed by atoms with Crippen molar-refractivity contribution in [3.05, 3.63) is 51.6 Å². The first kappa shape index (κ1) is 14.6. The monoisotopic (exact) mass is 383 g/mol. The highest BCUT2D eigenvalue weighted by Gasteiger charge is 2.19. The van der Waals surface area contributed by atoms with Gasteiger partial charge in [0.1, 0.15) is 11.5 Å². The van der Waals surface area contributed by atoms with Gasteiger partial charge in [0.05, 0.1) is 5.56 Å². The fraction of sp³-hybridized carbons (Fsp3) is 0.133. The first-order chi connectivity index (χ1) is 9.52. The number of rotatable bonds is 3. The fourth-order valence-electron chi connectivity index (χ4n) is 1.93. The number of hydrogen-bond donors (Lipinski definition) is 2. The lowest BCUT2D eigenvalue weighted by atomic mass is 10.1. The van der Waals surface area contributed by atoms with Gasteiger partial charge in [0, 0.05) is 21.9 Å². The summed E-state index contributed by atoms with van der Waals surface area (Å²) in [5, 5.41) is 19.4. The fourth-order valence-corrected chi connectivity index (χ4v) is 2.42. The zero-order chi connectivity index (χ0) is 14.7. The van der Waals surface area contributed by atoms with Crippen LogP contribution in [0.4, 0.5) is 5.69 Å². The van der Waals surface area contributed by atoms with Crippen LogP contribution in [0.5, 0.6) is 11.5 Å². The Bertz CT molecular complexity index is 643. The maximum atomic E-state index is 12.5. The number of halogens is 1. The van der Waals surface area contributed by atoms with Gasteiger partial charge in [-0.2, -0.15) is 0 Å². The summed E-state index contributed by atoms with van der Waals surface area (Å²) in [7, 11) is 0. The van der Waals surface area contributed by atoms with Crippen molar-refractivity contribution in [1.29, 1.82) is 0 Å². The molecule has 0 aliphatic heterocycles. The lowest BCUT2D eigenvalue weighted by Gasteiger charge is -2.21. The number of carbonyl (C=O) groups excluding carboxylic acids is 1. The van der Waals surface area contributed by atoms with Crippen molar-refractivity contribution in [2.24, 2.45) is 0 Å². The van der Waals surface area contributed by atoms with Crippen LogP contribution in [0.2, 0.25) is 0 Å². The number of anilines is 1. The SMILES string of the molecule is CCN(C(=O)c1cc(I)ccc1O)c1cccc(O)c1. The van der Waals surface area contributed by atoms with Gasteiger partial charge in [-0.1, -0.05) is 6.07 Å². The van der Waals surface area contributed by atoms with Crippen LogP contribution in [0.15, 0.2) is 42.5 Å². The molecule has 0 saturated carbocycles. The van der Waals surface area contributed by atoms with E-state index in [0.717, 1.165) is 3.57 Å². The van der Waals surface area contributed by atoms with Gasteiger partial charge in [-0.3, -0.25) is 4.79 Å². The lowest BCUT2D eigenvalue weighted by Crippen LogP contribution is -2.30. The van der Waals surface area contributed by atoms with Gasteiger partial charge in [-0.25, -0.2) is 0 Å². The molecular weight excluding hydrogens is 369 g/mol. The van der Waals surface area contributed by atoms with Crippen LogP contribution in [0.25, 0.3) is 0 Å². The summed E-state index contributed by atoms with van der Waals surface area (Å²) in [6.45, 7) is 2.28. The van der Waals surface area contributed by atoms with Crippen LogP contribution >= 0.6 is 22.6 Å². The van der Waals surface area contributed by atoms with Gasteiger partial charge in [0.25, 0.3) is 5.91 Å². The molecule has 104 valence electrons. The van der Waals surface area contributed by atoms with E-state index in [2.05, 4.69) is 22.6 Å². The first-order valence-corrected chi connectivity index (χ1v) is 7.20. The van der Waals surface area contributed by atoms with E-state index in [4.69, 9.17) is 0 Å². The number of phenols is 2. The Morgan fingerprint density at radius 2 is 1.95 bits per heavy atom. The highest BCUT2D eigenvalue weighted by Crippen LogP contribution is 2.26. The number of phenolic OH excluding ortho intramolecular Hbond substituents is 2. The minimum Gasteiger partial charge on any atom is -0.508 e. The molecule has 0 fully saturated rings. The summed E-state index contributed by atoms with van der Waals surface area (Å²) in [5.74, 6) is -0.247. The van der Waals surface area contributed by atoms with Crippen LogP contribution < -0.4 is 4.90 Å². The van der Waals surface area contributed by atoms with Gasteiger partial charge in [0.15, 0.2) is 0 Å². The third-order valence-electron chi connectivity index (χ3n) is 2.89. The Morgan fingerprint density at radius 1 is 1.20 bits per heavy atom. The van der Waals surface area contributed by atoms with Crippen molar-refractivity contribution >= 4 is 34.2 Å². The quantitative estimate of drug-likeness (QED) is 0.800. The van der Waals surface area contributed by atoms with Crippen LogP contribution in [-0.2, 0) is 0 Å². The topological polar surface area (TPSA) is 60.8 Å². The molecule has 0 bridgehead atoms.